The number of fused-ring (bicyclic) bond motifs is 1. The molecule has 1 aromatic heterocycles. The summed E-state index contributed by atoms with van der Waals surface area (Å²) < 4.78 is 0.924. The molecule has 0 saturated carbocycles. The largest absolute Gasteiger partial charge is 0.358 e. The van der Waals surface area contributed by atoms with Crippen LogP contribution in [0.4, 0.5) is 5.69 Å². The van der Waals surface area contributed by atoms with Crippen LogP contribution in [-0.4, -0.2) is 41.2 Å². The smallest absolute Gasteiger partial charge is 0.256 e. The van der Waals surface area contributed by atoms with Crippen LogP contribution in [0, 0.1) is 0 Å². The quantitative estimate of drug-likeness (QED) is 0.184. The highest BCUT2D eigenvalue weighted by atomic mass is 79.9. The number of benzene rings is 1. The summed E-state index contributed by atoms with van der Waals surface area (Å²) >= 11 is 3.52. The van der Waals surface area contributed by atoms with Gasteiger partial charge in [0.05, 0.1) is 5.57 Å². The summed E-state index contributed by atoms with van der Waals surface area (Å²) in [5.41, 5.74) is 5.98. The lowest BCUT2D eigenvalue weighted by Gasteiger charge is -2.17. The molecule has 0 fully saturated rings. The third-order valence-corrected chi connectivity index (χ3v) is 7.10. The van der Waals surface area contributed by atoms with Crippen LogP contribution >= 0.6 is 15.9 Å². The molecule has 6 heteroatoms. The third kappa shape index (κ3) is 5.72. The number of hydrogen-bond acceptors (Lipinski definition) is 3. The molecule has 0 spiro atoms. The Kier molecular flexibility index (Phi) is 8.94. The number of unbranched alkanes of at least 4 members (excludes halogenated alkanes) is 1. The molecule has 184 valence electrons. The van der Waals surface area contributed by atoms with Gasteiger partial charge in [-0.3, -0.25) is 9.59 Å². The number of hydrogen-bond donors (Lipinski definition) is 2. The summed E-state index contributed by atoms with van der Waals surface area (Å²) in [6.07, 6.45) is 4.38. The standard InChI is InChI=1S/C28H38BrN3O2/c1-7-32(8-2)14-10-9-11-24(33)26-25(17(3)4)23(30-27(26)18(5)6)16-21-20-15-19(29)12-13-22(20)31-28(21)34/h12-13,15-18,30H,7-11,14H2,1-6H3,(H,31,34)/b21-16-. The summed E-state index contributed by atoms with van der Waals surface area (Å²) in [6, 6.07) is 5.79. The number of H-pyrrole nitrogens is 1. The first kappa shape index (κ1) is 26.4. The molecule has 34 heavy (non-hydrogen) atoms. The van der Waals surface area contributed by atoms with E-state index in [1.807, 2.05) is 24.3 Å². The van der Waals surface area contributed by atoms with Gasteiger partial charge in [0.2, 0.25) is 0 Å². The number of nitrogens with one attached hydrogen (secondary N) is 2. The molecule has 3 rings (SSSR count). The molecule has 5 nitrogen and oxygen atoms in total. The summed E-state index contributed by atoms with van der Waals surface area (Å²) in [7, 11) is 0. The van der Waals surface area contributed by atoms with E-state index in [0.717, 1.165) is 70.7 Å². The number of aromatic nitrogens is 1. The van der Waals surface area contributed by atoms with Crippen LogP contribution in [0.15, 0.2) is 22.7 Å². The molecule has 2 N–H and O–H groups in total. The predicted molar refractivity (Wildman–Crippen MR) is 146 cm³/mol. The summed E-state index contributed by atoms with van der Waals surface area (Å²) in [5.74, 6) is 0.412. The zero-order valence-electron chi connectivity index (χ0n) is 21.3. The average Bonchev–Trinajstić information content (AvgIpc) is 3.32. The van der Waals surface area contributed by atoms with Gasteiger partial charge in [-0.2, -0.15) is 0 Å². The third-order valence-electron chi connectivity index (χ3n) is 6.61. The van der Waals surface area contributed by atoms with Crippen molar-refractivity contribution in [3.8, 4) is 0 Å². The summed E-state index contributed by atoms with van der Waals surface area (Å²) in [4.78, 5) is 32.2. The second-order valence-corrected chi connectivity index (χ2v) is 10.6. The molecule has 0 atom stereocenters. The van der Waals surface area contributed by atoms with Crippen molar-refractivity contribution < 1.29 is 9.59 Å². The van der Waals surface area contributed by atoms with E-state index in [0.29, 0.717) is 12.0 Å². The lowest BCUT2D eigenvalue weighted by atomic mass is 9.90. The molecule has 2 heterocycles. The molecule has 0 saturated heterocycles. The number of nitrogens with zero attached hydrogens (tertiary/aromatic N) is 1. The van der Waals surface area contributed by atoms with E-state index in [-0.39, 0.29) is 23.5 Å². The van der Waals surface area contributed by atoms with Gasteiger partial charge >= 0.3 is 0 Å². The highest BCUT2D eigenvalue weighted by Crippen LogP contribution is 2.38. The van der Waals surface area contributed by atoms with Gasteiger partial charge in [-0.15, -0.1) is 0 Å². The topological polar surface area (TPSA) is 65.2 Å². The van der Waals surface area contributed by atoms with Gasteiger partial charge in [0.1, 0.15) is 0 Å². The van der Waals surface area contributed by atoms with Crippen LogP contribution in [0.1, 0.15) is 106 Å². The fraction of sp³-hybridized carbons (Fsp3) is 0.500. The van der Waals surface area contributed by atoms with Crippen molar-refractivity contribution in [2.45, 2.75) is 72.6 Å². The number of Topliss-reactive ketones (excluding diaryl/α,β-unsaturated/α-hetero) is 1. The minimum Gasteiger partial charge on any atom is -0.358 e. The first-order valence-corrected chi connectivity index (χ1v) is 13.3. The first-order chi connectivity index (χ1) is 16.2. The Balaban J connectivity index is 1.96. The van der Waals surface area contributed by atoms with E-state index in [9.17, 15) is 9.59 Å². The lowest BCUT2D eigenvalue weighted by Crippen LogP contribution is -2.24. The fourth-order valence-corrected chi connectivity index (χ4v) is 5.10. The van der Waals surface area contributed by atoms with Crippen molar-refractivity contribution >= 4 is 45.0 Å². The molecule has 0 bridgehead atoms. The Bertz CT molecular complexity index is 1080. The van der Waals surface area contributed by atoms with Crippen LogP contribution in [0.2, 0.25) is 0 Å². The van der Waals surface area contributed by atoms with Gasteiger partial charge in [0, 0.05) is 39.1 Å². The Morgan fingerprint density at radius 2 is 1.79 bits per heavy atom. The van der Waals surface area contributed by atoms with Gasteiger partial charge < -0.3 is 15.2 Å². The maximum Gasteiger partial charge on any atom is 0.256 e. The van der Waals surface area contributed by atoms with Crippen LogP contribution < -0.4 is 5.32 Å². The molecule has 1 aromatic carbocycles. The first-order valence-electron chi connectivity index (χ1n) is 12.5. The molecular weight excluding hydrogens is 490 g/mol. The van der Waals surface area contributed by atoms with Gasteiger partial charge in [0.25, 0.3) is 5.91 Å². The molecule has 0 aliphatic carbocycles. The highest BCUT2D eigenvalue weighted by Gasteiger charge is 2.28. The van der Waals surface area contributed by atoms with Crippen molar-refractivity contribution in [2.24, 2.45) is 0 Å². The fourth-order valence-electron chi connectivity index (χ4n) is 4.74. The minimum absolute atomic E-state index is 0.118. The van der Waals surface area contributed by atoms with Gasteiger partial charge in [-0.25, -0.2) is 0 Å². The highest BCUT2D eigenvalue weighted by molar-refractivity contribution is 9.10. The van der Waals surface area contributed by atoms with E-state index in [1.165, 1.54) is 0 Å². The number of carbonyl (C=O) groups excluding carboxylic acids is 2. The number of rotatable bonds is 11. The van der Waals surface area contributed by atoms with E-state index in [1.54, 1.807) is 0 Å². The van der Waals surface area contributed by atoms with Crippen LogP contribution in [0.25, 0.3) is 11.6 Å². The Morgan fingerprint density at radius 1 is 1.09 bits per heavy atom. The van der Waals surface area contributed by atoms with Crippen molar-refractivity contribution in [2.75, 3.05) is 25.0 Å². The maximum absolute atomic E-state index is 13.5. The molecule has 0 unspecified atom stereocenters. The summed E-state index contributed by atoms with van der Waals surface area (Å²) in [5, 5.41) is 2.95. The van der Waals surface area contributed by atoms with Crippen molar-refractivity contribution in [3.63, 3.8) is 0 Å². The van der Waals surface area contributed by atoms with Crippen molar-refractivity contribution in [1.29, 1.82) is 0 Å². The number of carbonyl (C=O) groups is 2. The number of aromatic amines is 1. The molecule has 1 aliphatic rings. The zero-order chi connectivity index (χ0) is 25.0. The van der Waals surface area contributed by atoms with Gasteiger partial charge in [0.15, 0.2) is 5.78 Å². The monoisotopic (exact) mass is 527 g/mol. The number of halogens is 1. The number of anilines is 1. The zero-order valence-corrected chi connectivity index (χ0v) is 22.9. The van der Waals surface area contributed by atoms with E-state index in [2.05, 4.69) is 72.7 Å². The number of amides is 1. The molecular formula is C28H38BrN3O2. The predicted octanol–water partition coefficient (Wildman–Crippen LogP) is 7.21. The average molecular weight is 529 g/mol. The van der Waals surface area contributed by atoms with E-state index < -0.39 is 0 Å². The molecule has 0 radical (unpaired) electrons. The Morgan fingerprint density at radius 3 is 2.41 bits per heavy atom. The second-order valence-electron chi connectivity index (χ2n) is 9.66. The summed E-state index contributed by atoms with van der Waals surface area (Å²) in [6.45, 7) is 15.9. The van der Waals surface area contributed by atoms with Crippen molar-refractivity contribution in [3.05, 3.63) is 50.8 Å². The van der Waals surface area contributed by atoms with Gasteiger partial charge in [-0.05, 0) is 74.2 Å². The van der Waals surface area contributed by atoms with Crippen LogP contribution in [0.5, 0.6) is 0 Å². The normalized spacial score (nSPS) is 14.5. The second kappa shape index (κ2) is 11.5. The van der Waals surface area contributed by atoms with Gasteiger partial charge in [-0.1, -0.05) is 57.5 Å². The maximum atomic E-state index is 13.5. The molecule has 2 aromatic rings. The van der Waals surface area contributed by atoms with E-state index >= 15 is 0 Å². The van der Waals surface area contributed by atoms with Crippen LogP contribution in [-0.2, 0) is 4.79 Å². The minimum atomic E-state index is -0.118. The number of ketones is 1. The SMILES string of the molecule is CCN(CC)CCCCC(=O)c1c(C(C)C)[nH]c(/C=C2\C(=O)Nc3ccc(Br)cc32)c1C(C)C. The Labute approximate surface area is 212 Å². The van der Waals surface area contributed by atoms with Crippen LogP contribution in [0.3, 0.4) is 0 Å². The molecule has 1 amide bonds. The van der Waals surface area contributed by atoms with Crippen molar-refractivity contribution in [1.82, 2.24) is 9.88 Å². The lowest BCUT2D eigenvalue weighted by molar-refractivity contribution is -0.110. The van der Waals surface area contributed by atoms with E-state index in [4.69, 9.17) is 0 Å². The molecule has 1 aliphatic heterocycles. The Hall–Kier alpha value is -2.18.